The molecule has 2 N–H and O–H groups in total. The summed E-state index contributed by atoms with van der Waals surface area (Å²) < 4.78 is 12.3. The minimum Gasteiger partial charge on any atom is -0.494 e. The number of amides is 3. The number of hydrogen-bond acceptors (Lipinski definition) is 7. The molecule has 1 aromatic heterocycles. The maximum Gasteiger partial charge on any atom is 0.414 e. The third-order valence-electron chi connectivity index (χ3n) is 6.67. The lowest BCUT2D eigenvalue weighted by Gasteiger charge is -2.19. The summed E-state index contributed by atoms with van der Waals surface area (Å²) in [5, 5.41) is 13.7. The van der Waals surface area contributed by atoms with Crippen molar-refractivity contribution in [1.29, 1.82) is 0 Å². The molecule has 4 rings (SSSR count). The second kappa shape index (κ2) is 10.6. The summed E-state index contributed by atoms with van der Waals surface area (Å²) in [5.74, 6) is 0.0823. The lowest BCUT2D eigenvalue weighted by atomic mass is 9.86. The summed E-state index contributed by atoms with van der Waals surface area (Å²) >= 11 is 0. The number of anilines is 2. The van der Waals surface area contributed by atoms with Gasteiger partial charge < -0.3 is 25.0 Å². The molecular weight excluding hydrogens is 512 g/mol. The maximum atomic E-state index is 13.4. The predicted octanol–water partition coefficient (Wildman–Crippen LogP) is 4.62. The standard InChI is InChI=1S/C29H36N6O5/c1-17-9-10-19(11-22(17)35-14-25(32-33-35)40-27(38)30-15-28(3,4)5)26(37)31-21-12-20-23(13-24(21)39-8)34(18(2)36)16-29(20,6)7/h9-14H,15-16H2,1-8H3,(H,30,38)(H,31,37). The van der Waals surface area contributed by atoms with Crippen molar-refractivity contribution in [2.24, 2.45) is 5.41 Å². The van der Waals surface area contributed by atoms with E-state index < -0.39 is 6.09 Å². The van der Waals surface area contributed by atoms with Gasteiger partial charge in [0.25, 0.3) is 11.8 Å². The summed E-state index contributed by atoms with van der Waals surface area (Å²) in [5.41, 5.74) is 3.67. The van der Waals surface area contributed by atoms with Gasteiger partial charge in [0.2, 0.25) is 5.91 Å². The van der Waals surface area contributed by atoms with Crippen LogP contribution >= 0.6 is 0 Å². The van der Waals surface area contributed by atoms with Gasteiger partial charge in [-0.3, -0.25) is 9.59 Å². The van der Waals surface area contributed by atoms with Gasteiger partial charge in [0.1, 0.15) is 5.75 Å². The first kappa shape index (κ1) is 28.6. The van der Waals surface area contributed by atoms with Crippen molar-refractivity contribution in [3.05, 3.63) is 53.2 Å². The van der Waals surface area contributed by atoms with Gasteiger partial charge in [0, 0.05) is 37.1 Å². The van der Waals surface area contributed by atoms with Crippen molar-refractivity contribution in [3.8, 4) is 17.3 Å². The van der Waals surface area contributed by atoms with E-state index in [-0.39, 0.29) is 28.5 Å². The fourth-order valence-electron chi connectivity index (χ4n) is 4.52. The van der Waals surface area contributed by atoms with Crippen molar-refractivity contribution in [2.75, 3.05) is 30.4 Å². The van der Waals surface area contributed by atoms with Crippen LogP contribution in [-0.2, 0) is 10.2 Å². The number of nitrogens with zero attached hydrogens (tertiary/aromatic N) is 4. The Hall–Kier alpha value is -4.41. The van der Waals surface area contributed by atoms with E-state index in [1.165, 1.54) is 24.9 Å². The molecule has 0 saturated heterocycles. The molecule has 0 spiro atoms. The molecule has 1 aliphatic heterocycles. The molecule has 3 aromatic rings. The van der Waals surface area contributed by atoms with Crippen LogP contribution in [0.2, 0.25) is 0 Å². The van der Waals surface area contributed by atoms with Gasteiger partial charge in [-0.05, 0) is 41.7 Å². The molecule has 0 atom stereocenters. The smallest absolute Gasteiger partial charge is 0.414 e. The van der Waals surface area contributed by atoms with Crippen LogP contribution in [0.25, 0.3) is 5.69 Å². The molecule has 11 heteroatoms. The molecule has 0 radical (unpaired) electrons. The molecule has 3 amide bonds. The SMILES string of the molecule is COc1cc2c(cc1NC(=O)c1ccc(C)c(-n3cc(OC(=O)NCC(C)(C)C)nn3)c1)C(C)(C)CN2C(C)=O. The molecule has 0 fully saturated rings. The van der Waals surface area contributed by atoms with Gasteiger partial charge >= 0.3 is 6.09 Å². The molecule has 0 unspecified atom stereocenters. The van der Waals surface area contributed by atoms with Crippen LogP contribution < -0.4 is 25.0 Å². The van der Waals surface area contributed by atoms with E-state index in [4.69, 9.17) is 9.47 Å². The Balaban J connectivity index is 1.56. The van der Waals surface area contributed by atoms with E-state index in [2.05, 4.69) is 34.8 Å². The normalized spacial score (nSPS) is 13.9. The van der Waals surface area contributed by atoms with E-state index in [0.29, 0.717) is 35.8 Å². The van der Waals surface area contributed by atoms with Crippen LogP contribution in [0, 0.1) is 12.3 Å². The van der Waals surface area contributed by atoms with Crippen LogP contribution in [0.3, 0.4) is 0 Å². The molecule has 0 saturated carbocycles. The number of nitrogens with one attached hydrogen (secondary N) is 2. The van der Waals surface area contributed by atoms with Crippen molar-refractivity contribution < 1.29 is 23.9 Å². The van der Waals surface area contributed by atoms with E-state index in [1.54, 1.807) is 29.2 Å². The van der Waals surface area contributed by atoms with Gasteiger partial charge in [-0.25, -0.2) is 9.48 Å². The van der Waals surface area contributed by atoms with Crippen molar-refractivity contribution in [2.45, 2.75) is 53.9 Å². The number of hydrogen-bond donors (Lipinski definition) is 2. The molecule has 11 nitrogen and oxygen atoms in total. The third-order valence-corrected chi connectivity index (χ3v) is 6.67. The molecule has 212 valence electrons. The zero-order valence-electron chi connectivity index (χ0n) is 24.2. The third kappa shape index (κ3) is 6.08. The van der Waals surface area contributed by atoms with Crippen LogP contribution in [0.15, 0.2) is 36.5 Å². The monoisotopic (exact) mass is 548 g/mol. The van der Waals surface area contributed by atoms with E-state index in [0.717, 1.165) is 16.8 Å². The van der Waals surface area contributed by atoms with Crippen molar-refractivity contribution in [3.63, 3.8) is 0 Å². The summed E-state index contributed by atoms with van der Waals surface area (Å²) in [6.45, 7) is 14.5. The maximum absolute atomic E-state index is 13.4. The fraction of sp³-hybridized carbons (Fsp3) is 0.414. The highest BCUT2D eigenvalue weighted by molar-refractivity contribution is 6.06. The number of carbonyl (C=O) groups is 3. The minimum atomic E-state index is -0.621. The largest absolute Gasteiger partial charge is 0.494 e. The van der Waals surface area contributed by atoms with E-state index in [1.807, 2.05) is 33.8 Å². The summed E-state index contributed by atoms with van der Waals surface area (Å²) in [6, 6.07) is 8.86. The van der Waals surface area contributed by atoms with Crippen LogP contribution in [-0.4, -0.2) is 53.1 Å². The van der Waals surface area contributed by atoms with Gasteiger partial charge in [0.05, 0.1) is 30.4 Å². The second-order valence-corrected chi connectivity index (χ2v) is 11.8. The van der Waals surface area contributed by atoms with Gasteiger partial charge in [-0.2, -0.15) is 0 Å². The van der Waals surface area contributed by atoms with E-state index >= 15 is 0 Å². The average molecular weight is 549 g/mol. The Kier molecular flexibility index (Phi) is 7.60. The van der Waals surface area contributed by atoms with Crippen molar-refractivity contribution >= 4 is 29.3 Å². The van der Waals surface area contributed by atoms with Crippen LogP contribution in [0.1, 0.15) is 63.0 Å². The van der Waals surface area contributed by atoms with Crippen LogP contribution in [0.5, 0.6) is 11.6 Å². The highest BCUT2D eigenvalue weighted by Gasteiger charge is 2.38. The Morgan fingerprint density at radius 3 is 2.48 bits per heavy atom. The predicted molar refractivity (Wildman–Crippen MR) is 152 cm³/mol. The number of ether oxygens (including phenoxy) is 2. The Morgan fingerprint density at radius 2 is 1.82 bits per heavy atom. The molecule has 2 heterocycles. The summed E-state index contributed by atoms with van der Waals surface area (Å²) in [4.78, 5) is 39.4. The number of carbonyl (C=O) groups excluding carboxylic acids is 3. The molecular formula is C29H36N6O5. The number of benzene rings is 2. The van der Waals surface area contributed by atoms with Gasteiger partial charge in [-0.1, -0.05) is 51.0 Å². The van der Waals surface area contributed by atoms with Crippen molar-refractivity contribution in [1.82, 2.24) is 20.3 Å². The van der Waals surface area contributed by atoms with Gasteiger partial charge in [-0.15, -0.1) is 0 Å². The first-order chi connectivity index (χ1) is 18.7. The lowest BCUT2D eigenvalue weighted by Crippen LogP contribution is -2.34. The number of rotatable bonds is 6. The molecule has 0 bridgehead atoms. The highest BCUT2D eigenvalue weighted by atomic mass is 16.6. The zero-order valence-corrected chi connectivity index (χ0v) is 24.2. The first-order valence-electron chi connectivity index (χ1n) is 13.0. The lowest BCUT2D eigenvalue weighted by molar-refractivity contribution is -0.116. The molecule has 2 aromatic carbocycles. The summed E-state index contributed by atoms with van der Waals surface area (Å²) in [6.07, 6.45) is 0.859. The van der Waals surface area contributed by atoms with Crippen LogP contribution in [0.4, 0.5) is 16.2 Å². The number of aryl methyl sites for hydroxylation is 1. The van der Waals surface area contributed by atoms with E-state index in [9.17, 15) is 14.4 Å². The number of methoxy groups -OCH3 is 1. The molecule has 40 heavy (non-hydrogen) atoms. The number of fused-ring (bicyclic) bond motifs is 1. The zero-order chi connectivity index (χ0) is 29.4. The highest BCUT2D eigenvalue weighted by Crippen LogP contribution is 2.45. The van der Waals surface area contributed by atoms with Gasteiger partial charge in [0.15, 0.2) is 0 Å². The topological polar surface area (TPSA) is 128 Å². The molecule has 1 aliphatic rings. The Bertz CT molecular complexity index is 1470. The average Bonchev–Trinajstić information content (AvgIpc) is 3.43. The Labute approximate surface area is 233 Å². The first-order valence-corrected chi connectivity index (χ1v) is 13.0. The quantitative estimate of drug-likeness (QED) is 0.460. The summed E-state index contributed by atoms with van der Waals surface area (Å²) in [7, 11) is 1.52. The fourth-order valence-corrected chi connectivity index (χ4v) is 4.52. The molecule has 0 aliphatic carbocycles. The minimum absolute atomic E-state index is 0.0331. The Morgan fingerprint density at radius 1 is 1.10 bits per heavy atom. The second-order valence-electron chi connectivity index (χ2n) is 11.8. The number of aromatic nitrogens is 3.